The van der Waals surface area contributed by atoms with Crippen molar-refractivity contribution in [3.63, 3.8) is 0 Å². The SMILES string of the molecule is C=C(CN1CCCC(C)(C)C1)C(=O)OCC. The highest BCUT2D eigenvalue weighted by molar-refractivity contribution is 5.88. The molecule has 0 N–H and O–H groups in total. The number of piperidine rings is 1. The van der Waals surface area contributed by atoms with Crippen molar-refractivity contribution in [1.29, 1.82) is 0 Å². The lowest BCUT2D eigenvalue weighted by atomic mass is 9.84. The second-order valence-corrected chi connectivity index (χ2v) is 5.30. The Morgan fingerprint density at radius 3 is 2.75 bits per heavy atom. The van der Waals surface area contributed by atoms with Gasteiger partial charge in [0.1, 0.15) is 0 Å². The summed E-state index contributed by atoms with van der Waals surface area (Å²) in [4.78, 5) is 13.7. The minimum Gasteiger partial charge on any atom is -0.463 e. The Labute approximate surface area is 98.5 Å². The van der Waals surface area contributed by atoms with Crippen LogP contribution in [0.5, 0.6) is 0 Å². The standard InChI is InChI=1S/C13H23NO2/c1-5-16-12(15)11(2)9-14-8-6-7-13(3,4)10-14/h2,5-10H2,1,3-4H3. The van der Waals surface area contributed by atoms with Gasteiger partial charge >= 0.3 is 5.97 Å². The summed E-state index contributed by atoms with van der Waals surface area (Å²) in [7, 11) is 0. The van der Waals surface area contributed by atoms with Crippen LogP contribution in [-0.2, 0) is 9.53 Å². The summed E-state index contributed by atoms with van der Waals surface area (Å²) in [6, 6.07) is 0. The fourth-order valence-electron chi connectivity index (χ4n) is 2.25. The van der Waals surface area contributed by atoms with Crippen LogP contribution in [0.4, 0.5) is 0 Å². The van der Waals surface area contributed by atoms with E-state index in [1.807, 2.05) is 6.92 Å². The van der Waals surface area contributed by atoms with Gasteiger partial charge in [0, 0.05) is 18.7 Å². The lowest BCUT2D eigenvalue weighted by molar-refractivity contribution is -0.138. The number of carbonyl (C=O) groups is 1. The summed E-state index contributed by atoms with van der Waals surface area (Å²) in [6.45, 7) is 13.3. The molecule has 0 aromatic carbocycles. The lowest BCUT2D eigenvalue weighted by Crippen LogP contribution is -2.41. The van der Waals surface area contributed by atoms with E-state index in [0.29, 0.717) is 24.1 Å². The maximum Gasteiger partial charge on any atom is 0.334 e. The first-order valence-corrected chi connectivity index (χ1v) is 6.02. The number of esters is 1. The lowest BCUT2D eigenvalue weighted by Gasteiger charge is -2.38. The predicted molar refractivity (Wildman–Crippen MR) is 65.2 cm³/mol. The third kappa shape index (κ3) is 3.97. The van der Waals surface area contributed by atoms with E-state index in [1.54, 1.807) is 0 Å². The molecule has 0 amide bonds. The molecule has 1 rings (SSSR count). The van der Waals surface area contributed by atoms with Gasteiger partial charge in [-0.25, -0.2) is 4.79 Å². The monoisotopic (exact) mass is 225 g/mol. The van der Waals surface area contributed by atoms with E-state index >= 15 is 0 Å². The molecule has 0 radical (unpaired) electrons. The molecule has 0 atom stereocenters. The highest BCUT2D eigenvalue weighted by Crippen LogP contribution is 2.28. The van der Waals surface area contributed by atoms with Crippen LogP contribution < -0.4 is 0 Å². The Morgan fingerprint density at radius 2 is 2.19 bits per heavy atom. The van der Waals surface area contributed by atoms with E-state index in [2.05, 4.69) is 25.3 Å². The van der Waals surface area contributed by atoms with Crippen LogP contribution in [-0.4, -0.2) is 37.1 Å². The Bertz CT molecular complexity index is 271. The molecule has 0 aliphatic carbocycles. The molecule has 1 aliphatic rings. The molecule has 92 valence electrons. The summed E-state index contributed by atoms with van der Waals surface area (Å²) >= 11 is 0. The van der Waals surface area contributed by atoms with E-state index in [4.69, 9.17) is 4.74 Å². The molecule has 1 fully saturated rings. The third-order valence-electron chi connectivity index (χ3n) is 2.96. The van der Waals surface area contributed by atoms with Crippen molar-refractivity contribution < 1.29 is 9.53 Å². The van der Waals surface area contributed by atoms with Gasteiger partial charge in [0.05, 0.1) is 6.61 Å². The van der Waals surface area contributed by atoms with Crippen LogP contribution in [0.3, 0.4) is 0 Å². The molecule has 0 spiro atoms. The minimum absolute atomic E-state index is 0.258. The molecule has 3 heteroatoms. The fraction of sp³-hybridized carbons (Fsp3) is 0.769. The fourth-order valence-corrected chi connectivity index (χ4v) is 2.25. The Balaban J connectivity index is 2.42. The van der Waals surface area contributed by atoms with Crippen LogP contribution >= 0.6 is 0 Å². The van der Waals surface area contributed by atoms with Crippen molar-refractivity contribution in [2.24, 2.45) is 5.41 Å². The van der Waals surface area contributed by atoms with Gasteiger partial charge in [-0.3, -0.25) is 4.90 Å². The molecule has 0 unspecified atom stereocenters. The molecule has 1 saturated heterocycles. The van der Waals surface area contributed by atoms with Crippen LogP contribution in [0.25, 0.3) is 0 Å². The Kier molecular flexibility index (Phi) is 4.54. The van der Waals surface area contributed by atoms with E-state index in [1.165, 1.54) is 12.8 Å². The van der Waals surface area contributed by atoms with Crippen molar-refractivity contribution in [2.45, 2.75) is 33.6 Å². The molecular formula is C13H23NO2. The van der Waals surface area contributed by atoms with Gasteiger partial charge in [0.2, 0.25) is 0 Å². The van der Waals surface area contributed by atoms with Crippen molar-refractivity contribution in [2.75, 3.05) is 26.2 Å². The summed E-state index contributed by atoms with van der Waals surface area (Å²) in [6.07, 6.45) is 2.46. The number of likely N-dealkylation sites (tertiary alicyclic amines) is 1. The van der Waals surface area contributed by atoms with Crippen LogP contribution in [0, 0.1) is 5.41 Å². The Morgan fingerprint density at radius 1 is 1.50 bits per heavy atom. The Hall–Kier alpha value is -0.830. The molecule has 16 heavy (non-hydrogen) atoms. The van der Waals surface area contributed by atoms with Crippen LogP contribution in [0.1, 0.15) is 33.6 Å². The first-order valence-electron chi connectivity index (χ1n) is 6.02. The maximum absolute atomic E-state index is 11.4. The molecule has 0 aromatic heterocycles. The van der Waals surface area contributed by atoms with Crippen molar-refractivity contribution >= 4 is 5.97 Å². The van der Waals surface area contributed by atoms with Gasteiger partial charge in [0.25, 0.3) is 0 Å². The van der Waals surface area contributed by atoms with Gasteiger partial charge in [-0.15, -0.1) is 0 Å². The number of nitrogens with zero attached hydrogens (tertiary/aromatic N) is 1. The van der Waals surface area contributed by atoms with Gasteiger partial charge in [-0.2, -0.15) is 0 Å². The minimum atomic E-state index is -0.258. The largest absolute Gasteiger partial charge is 0.463 e. The summed E-state index contributed by atoms with van der Waals surface area (Å²) in [5.41, 5.74) is 0.923. The van der Waals surface area contributed by atoms with Crippen molar-refractivity contribution in [3.05, 3.63) is 12.2 Å². The average Bonchev–Trinajstić information content (AvgIpc) is 2.16. The molecule has 1 aliphatic heterocycles. The normalized spacial score (nSPS) is 20.4. The second kappa shape index (κ2) is 5.48. The maximum atomic E-state index is 11.4. The van der Waals surface area contributed by atoms with Crippen LogP contribution in [0.15, 0.2) is 12.2 Å². The zero-order valence-corrected chi connectivity index (χ0v) is 10.7. The smallest absolute Gasteiger partial charge is 0.334 e. The number of ether oxygens (including phenoxy) is 1. The quantitative estimate of drug-likeness (QED) is 0.543. The first-order chi connectivity index (χ1) is 7.44. The zero-order chi connectivity index (χ0) is 12.2. The molecule has 1 heterocycles. The van der Waals surface area contributed by atoms with E-state index in [0.717, 1.165) is 13.1 Å². The van der Waals surface area contributed by atoms with Crippen LogP contribution in [0.2, 0.25) is 0 Å². The first kappa shape index (κ1) is 13.2. The summed E-state index contributed by atoms with van der Waals surface area (Å²) in [5.74, 6) is -0.258. The summed E-state index contributed by atoms with van der Waals surface area (Å²) in [5, 5.41) is 0. The van der Waals surface area contributed by atoms with Gasteiger partial charge < -0.3 is 4.74 Å². The highest BCUT2D eigenvalue weighted by atomic mass is 16.5. The molecule has 0 aromatic rings. The predicted octanol–water partition coefficient (Wildman–Crippen LogP) is 2.23. The van der Waals surface area contributed by atoms with E-state index in [9.17, 15) is 4.79 Å². The zero-order valence-electron chi connectivity index (χ0n) is 10.7. The summed E-state index contributed by atoms with van der Waals surface area (Å²) < 4.78 is 4.93. The van der Waals surface area contributed by atoms with E-state index < -0.39 is 0 Å². The molecule has 0 bridgehead atoms. The highest BCUT2D eigenvalue weighted by Gasteiger charge is 2.27. The van der Waals surface area contributed by atoms with Gasteiger partial charge in [-0.1, -0.05) is 20.4 Å². The molecule has 3 nitrogen and oxygen atoms in total. The van der Waals surface area contributed by atoms with Crippen molar-refractivity contribution in [3.8, 4) is 0 Å². The molecular weight excluding hydrogens is 202 g/mol. The van der Waals surface area contributed by atoms with E-state index in [-0.39, 0.29) is 5.97 Å². The number of carbonyl (C=O) groups excluding carboxylic acids is 1. The third-order valence-corrected chi connectivity index (χ3v) is 2.96. The average molecular weight is 225 g/mol. The van der Waals surface area contributed by atoms with Crippen molar-refractivity contribution in [1.82, 2.24) is 4.90 Å². The van der Waals surface area contributed by atoms with Gasteiger partial charge in [0.15, 0.2) is 0 Å². The van der Waals surface area contributed by atoms with Gasteiger partial charge in [-0.05, 0) is 31.7 Å². The topological polar surface area (TPSA) is 29.5 Å². The number of rotatable bonds is 4. The molecule has 0 saturated carbocycles. The number of hydrogen-bond donors (Lipinski definition) is 0. The second-order valence-electron chi connectivity index (χ2n) is 5.30. The number of hydrogen-bond acceptors (Lipinski definition) is 3.